The van der Waals surface area contributed by atoms with Gasteiger partial charge in [-0.1, -0.05) is 36.0 Å². The standard InChI is InChI=1S/C14H17Cl2NOS/c1-9(19-11-4-2-3-5-11)14(18)17-13-8-10(15)6-7-12(13)16/h6-9,11H,2-5H2,1H3,(H,17,18)/t9-/m1/s1. The van der Waals surface area contributed by atoms with Gasteiger partial charge in [0.2, 0.25) is 5.91 Å². The van der Waals surface area contributed by atoms with E-state index in [2.05, 4.69) is 5.32 Å². The molecule has 104 valence electrons. The Kier molecular flexibility index (Phi) is 5.43. The molecular formula is C14H17Cl2NOS. The number of rotatable bonds is 4. The molecule has 1 atom stereocenters. The van der Waals surface area contributed by atoms with Gasteiger partial charge >= 0.3 is 0 Å². The van der Waals surface area contributed by atoms with Crippen molar-refractivity contribution in [2.75, 3.05) is 5.32 Å². The van der Waals surface area contributed by atoms with Gasteiger partial charge in [0.15, 0.2) is 0 Å². The van der Waals surface area contributed by atoms with E-state index < -0.39 is 0 Å². The molecule has 1 aromatic rings. The van der Waals surface area contributed by atoms with E-state index in [9.17, 15) is 4.79 Å². The lowest BCUT2D eigenvalue weighted by Gasteiger charge is -2.16. The molecule has 0 aromatic heterocycles. The van der Waals surface area contributed by atoms with Crippen LogP contribution in [0, 0.1) is 0 Å². The van der Waals surface area contributed by atoms with E-state index in [1.807, 2.05) is 6.92 Å². The summed E-state index contributed by atoms with van der Waals surface area (Å²) in [4.78, 5) is 12.1. The molecule has 0 unspecified atom stereocenters. The van der Waals surface area contributed by atoms with E-state index in [1.54, 1.807) is 30.0 Å². The van der Waals surface area contributed by atoms with Gasteiger partial charge in [0.1, 0.15) is 0 Å². The van der Waals surface area contributed by atoms with Gasteiger partial charge in [-0.15, -0.1) is 11.8 Å². The van der Waals surface area contributed by atoms with Crippen LogP contribution in [0.2, 0.25) is 10.0 Å². The van der Waals surface area contributed by atoms with E-state index in [0.29, 0.717) is 21.0 Å². The summed E-state index contributed by atoms with van der Waals surface area (Å²) in [6.07, 6.45) is 5.01. The molecule has 0 bridgehead atoms. The molecule has 1 fully saturated rings. The smallest absolute Gasteiger partial charge is 0.237 e. The third-order valence-corrected chi connectivity index (χ3v) is 5.30. The van der Waals surface area contributed by atoms with Crippen LogP contribution in [0.5, 0.6) is 0 Å². The van der Waals surface area contributed by atoms with Gasteiger partial charge in [0.25, 0.3) is 0 Å². The van der Waals surface area contributed by atoms with E-state index >= 15 is 0 Å². The van der Waals surface area contributed by atoms with E-state index in [1.165, 1.54) is 25.7 Å². The summed E-state index contributed by atoms with van der Waals surface area (Å²) >= 11 is 13.7. The number of carbonyl (C=O) groups excluding carboxylic acids is 1. The van der Waals surface area contributed by atoms with Crippen LogP contribution in [0.4, 0.5) is 5.69 Å². The van der Waals surface area contributed by atoms with Gasteiger partial charge < -0.3 is 5.32 Å². The molecule has 1 N–H and O–H groups in total. The molecule has 19 heavy (non-hydrogen) atoms. The lowest BCUT2D eigenvalue weighted by Crippen LogP contribution is -2.24. The number of halogens is 2. The summed E-state index contributed by atoms with van der Waals surface area (Å²) < 4.78 is 0. The van der Waals surface area contributed by atoms with Crippen molar-refractivity contribution in [2.45, 2.75) is 43.1 Å². The largest absolute Gasteiger partial charge is 0.324 e. The Morgan fingerprint density at radius 2 is 2.05 bits per heavy atom. The zero-order chi connectivity index (χ0) is 13.8. The Bertz CT molecular complexity index is 461. The molecular weight excluding hydrogens is 301 g/mol. The predicted octanol–water partition coefficient (Wildman–Crippen LogP) is 5.00. The highest BCUT2D eigenvalue weighted by Gasteiger charge is 2.22. The summed E-state index contributed by atoms with van der Waals surface area (Å²) in [5.41, 5.74) is 0.582. The second-order valence-corrected chi connectivity index (χ2v) is 7.29. The molecule has 1 aliphatic rings. The van der Waals surface area contributed by atoms with Crippen LogP contribution in [0.25, 0.3) is 0 Å². The Morgan fingerprint density at radius 1 is 1.37 bits per heavy atom. The van der Waals surface area contributed by atoms with E-state index in [-0.39, 0.29) is 11.2 Å². The molecule has 1 saturated carbocycles. The fourth-order valence-electron chi connectivity index (χ4n) is 2.20. The maximum atomic E-state index is 12.1. The maximum Gasteiger partial charge on any atom is 0.237 e. The highest BCUT2D eigenvalue weighted by Crippen LogP contribution is 2.33. The molecule has 2 rings (SSSR count). The first-order valence-corrected chi connectivity index (χ1v) is 8.17. The lowest BCUT2D eigenvalue weighted by atomic mass is 10.3. The van der Waals surface area contributed by atoms with Gasteiger partial charge in [0.05, 0.1) is 16.0 Å². The first-order chi connectivity index (χ1) is 9.06. The van der Waals surface area contributed by atoms with Crippen molar-refractivity contribution in [3.8, 4) is 0 Å². The summed E-state index contributed by atoms with van der Waals surface area (Å²) in [7, 11) is 0. The van der Waals surface area contributed by atoms with Gasteiger partial charge in [-0.25, -0.2) is 0 Å². The highest BCUT2D eigenvalue weighted by molar-refractivity contribution is 8.01. The fraction of sp³-hybridized carbons (Fsp3) is 0.500. The van der Waals surface area contributed by atoms with Crippen molar-refractivity contribution < 1.29 is 4.79 Å². The number of hydrogen-bond donors (Lipinski definition) is 1. The molecule has 2 nitrogen and oxygen atoms in total. The first kappa shape index (κ1) is 15.0. The third kappa shape index (κ3) is 4.30. The van der Waals surface area contributed by atoms with Crippen LogP contribution in [-0.2, 0) is 4.79 Å². The summed E-state index contributed by atoms with van der Waals surface area (Å²) in [6.45, 7) is 1.94. The fourth-order valence-corrected chi connectivity index (χ4v) is 3.90. The number of benzene rings is 1. The molecule has 5 heteroatoms. The minimum atomic E-state index is -0.0712. The molecule has 0 aliphatic heterocycles. The van der Waals surface area contributed by atoms with Crippen molar-refractivity contribution in [2.24, 2.45) is 0 Å². The Morgan fingerprint density at radius 3 is 2.74 bits per heavy atom. The van der Waals surface area contributed by atoms with Crippen LogP contribution in [0.15, 0.2) is 18.2 Å². The Balaban J connectivity index is 1.93. The molecule has 0 radical (unpaired) electrons. The van der Waals surface area contributed by atoms with Crippen LogP contribution in [-0.4, -0.2) is 16.4 Å². The van der Waals surface area contributed by atoms with Crippen LogP contribution in [0.3, 0.4) is 0 Å². The summed E-state index contributed by atoms with van der Waals surface area (Å²) in [5, 5.41) is 4.47. The number of nitrogens with one attached hydrogen (secondary N) is 1. The number of hydrogen-bond acceptors (Lipinski definition) is 2. The second kappa shape index (κ2) is 6.87. The number of thioether (sulfide) groups is 1. The van der Waals surface area contributed by atoms with Gasteiger partial charge in [-0.3, -0.25) is 4.79 Å². The van der Waals surface area contributed by atoms with Crippen molar-refractivity contribution in [1.29, 1.82) is 0 Å². The zero-order valence-electron chi connectivity index (χ0n) is 10.8. The van der Waals surface area contributed by atoms with Crippen molar-refractivity contribution >= 4 is 46.6 Å². The minimum absolute atomic E-state index is 0.0129. The van der Waals surface area contributed by atoms with Gasteiger partial charge in [-0.05, 0) is 38.0 Å². The van der Waals surface area contributed by atoms with Crippen molar-refractivity contribution in [3.05, 3.63) is 28.2 Å². The summed E-state index contributed by atoms with van der Waals surface area (Å²) in [6, 6.07) is 5.07. The van der Waals surface area contributed by atoms with Crippen LogP contribution in [0.1, 0.15) is 32.6 Å². The third-order valence-electron chi connectivity index (χ3n) is 3.25. The minimum Gasteiger partial charge on any atom is -0.324 e. The predicted molar refractivity (Wildman–Crippen MR) is 84.4 cm³/mol. The van der Waals surface area contributed by atoms with Crippen LogP contribution < -0.4 is 5.32 Å². The molecule has 0 saturated heterocycles. The molecule has 1 aromatic carbocycles. The van der Waals surface area contributed by atoms with Gasteiger partial charge in [0, 0.05) is 10.3 Å². The van der Waals surface area contributed by atoms with Gasteiger partial charge in [-0.2, -0.15) is 0 Å². The molecule has 0 spiro atoms. The first-order valence-electron chi connectivity index (χ1n) is 6.47. The zero-order valence-corrected chi connectivity index (χ0v) is 13.1. The van der Waals surface area contributed by atoms with Crippen molar-refractivity contribution in [1.82, 2.24) is 0 Å². The SMILES string of the molecule is C[C@@H](SC1CCCC1)C(=O)Nc1cc(Cl)ccc1Cl. The monoisotopic (exact) mass is 317 g/mol. The quantitative estimate of drug-likeness (QED) is 0.847. The molecule has 0 heterocycles. The number of amides is 1. The summed E-state index contributed by atoms with van der Waals surface area (Å²) in [5.74, 6) is -0.0129. The Labute approximate surface area is 128 Å². The number of anilines is 1. The number of carbonyl (C=O) groups is 1. The van der Waals surface area contributed by atoms with E-state index in [4.69, 9.17) is 23.2 Å². The highest BCUT2D eigenvalue weighted by atomic mass is 35.5. The van der Waals surface area contributed by atoms with Crippen molar-refractivity contribution in [3.63, 3.8) is 0 Å². The maximum absolute atomic E-state index is 12.1. The normalized spacial score (nSPS) is 17.4. The average Bonchev–Trinajstić information content (AvgIpc) is 2.86. The topological polar surface area (TPSA) is 29.1 Å². The van der Waals surface area contributed by atoms with E-state index in [0.717, 1.165) is 0 Å². The Hall–Kier alpha value is -0.380. The average molecular weight is 318 g/mol. The second-order valence-electron chi connectivity index (χ2n) is 4.80. The molecule has 1 aliphatic carbocycles. The molecule has 1 amide bonds. The van der Waals surface area contributed by atoms with Crippen LogP contribution >= 0.6 is 35.0 Å². The lowest BCUT2D eigenvalue weighted by molar-refractivity contribution is -0.115.